The first kappa shape index (κ1) is 20.1. The normalized spacial score (nSPS) is 12.3. The Labute approximate surface area is 178 Å². The molecule has 154 valence electrons. The number of fused-ring (bicyclic) bond motifs is 1. The third-order valence-electron chi connectivity index (χ3n) is 4.71. The molecule has 2 aromatic heterocycles. The van der Waals surface area contributed by atoms with Crippen LogP contribution in [-0.2, 0) is 6.54 Å². The van der Waals surface area contributed by atoms with E-state index >= 15 is 0 Å². The minimum Gasteiger partial charge on any atom is -0.481 e. The van der Waals surface area contributed by atoms with Crippen LogP contribution in [0.2, 0.25) is 5.02 Å². The molecule has 7 nitrogen and oxygen atoms in total. The molecule has 0 saturated carbocycles. The lowest BCUT2D eigenvalue weighted by Crippen LogP contribution is -2.24. The third kappa shape index (κ3) is 3.93. The first-order valence-corrected chi connectivity index (χ1v) is 10.1. The van der Waals surface area contributed by atoms with Gasteiger partial charge in [-0.15, -0.1) is 0 Å². The molecule has 0 fully saturated rings. The Morgan fingerprint density at radius 3 is 2.80 bits per heavy atom. The largest absolute Gasteiger partial charge is 0.481 e. The summed E-state index contributed by atoms with van der Waals surface area (Å²) in [5.41, 5.74) is 2.66. The Bertz CT molecular complexity index is 1260. The molecule has 0 amide bonds. The predicted molar refractivity (Wildman–Crippen MR) is 115 cm³/mol. The van der Waals surface area contributed by atoms with Crippen LogP contribution in [-0.4, -0.2) is 19.7 Å². The molecule has 1 atom stereocenters. The zero-order chi connectivity index (χ0) is 21.3. The highest BCUT2D eigenvalue weighted by atomic mass is 35.5. The zero-order valence-electron chi connectivity index (χ0n) is 16.9. The molecule has 0 bridgehead atoms. The van der Waals surface area contributed by atoms with E-state index in [0.717, 1.165) is 17.5 Å². The van der Waals surface area contributed by atoms with E-state index < -0.39 is 6.10 Å². The second kappa shape index (κ2) is 8.28. The standard InChI is InChI=1S/C22H21ClN4O3/c1-4-10-27-19-9-8-15(11-18(19)24-13(2)22(27)28)20-25-21(30-26-20)14(3)29-17-7-5-6-16(23)12-17/h5-9,11-12,14H,4,10H2,1-3H3. The van der Waals surface area contributed by atoms with Gasteiger partial charge in [0.2, 0.25) is 5.82 Å². The highest BCUT2D eigenvalue weighted by Crippen LogP contribution is 2.26. The van der Waals surface area contributed by atoms with E-state index in [-0.39, 0.29) is 5.56 Å². The van der Waals surface area contributed by atoms with E-state index in [4.69, 9.17) is 20.9 Å². The van der Waals surface area contributed by atoms with Crippen LogP contribution >= 0.6 is 11.6 Å². The molecule has 2 heterocycles. The Morgan fingerprint density at radius 1 is 1.20 bits per heavy atom. The van der Waals surface area contributed by atoms with Crippen LogP contribution in [0.1, 0.15) is 38.0 Å². The molecule has 0 aliphatic rings. The van der Waals surface area contributed by atoms with Gasteiger partial charge in [0.25, 0.3) is 11.4 Å². The molecule has 8 heteroatoms. The van der Waals surface area contributed by atoms with E-state index in [1.54, 1.807) is 23.6 Å². The maximum atomic E-state index is 12.4. The molecule has 2 aromatic carbocycles. The van der Waals surface area contributed by atoms with Crippen LogP contribution in [0.4, 0.5) is 0 Å². The first-order chi connectivity index (χ1) is 14.5. The maximum Gasteiger partial charge on any atom is 0.272 e. The number of nitrogens with zero attached hydrogens (tertiary/aromatic N) is 4. The number of rotatable bonds is 6. The first-order valence-electron chi connectivity index (χ1n) is 9.73. The number of ether oxygens (including phenoxy) is 1. The zero-order valence-corrected chi connectivity index (χ0v) is 17.7. The number of benzene rings is 2. The van der Waals surface area contributed by atoms with E-state index in [9.17, 15) is 4.79 Å². The smallest absolute Gasteiger partial charge is 0.272 e. The summed E-state index contributed by atoms with van der Waals surface area (Å²) in [5.74, 6) is 1.40. The molecule has 4 aromatic rings. The average Bonchev–Trinajstić information content (AvgIpc) is 3.21. The SMILES string of the molecule is CCCn1c(=O)c(C)nc2cc(-c3noc(C(C)Oc4cccc(Cl)c4)n3)ccc21. The molecule has 0 aliphatic heterocycles. The van der Waals surface area contributed by atoms with Crippen LogP contribution < -0.4 is 10.3 Å². The lowest BCUT2D eigenvalue weighted by molar-refractivity contribution is 0.176. The van der Waals surface area contributed by atoms with E-state index in [1.165, 1.54) is 0 Å². The fourth-order valence-corrected chi connectivity index (χ4v) is 3.45. The van der Waals surface area contributed by atoms with Gasteiger partial charge in [-0.05, 0) is 56.7 Å². The van der Waals surface area contributed by atoms with Crippen molar-refractivity contribution in [3.8, 4) is 17.1 Å². The highest BCUT2D eigenvalue weighted by Gasteiger charge is 2.18. The molecular formula is C22H21ClN4O3. The predicted octanol–water partition coefficient (Wildman–Crippen LogP) is 4.96. The maximum absolute atomic E-state index is 12.4. The van der Waals surface area contributed by atoms with Gasteiger partial charge in [0.05, 0.1) is 11.0 Å². The van der Waals surface area contributed by atoms with Gasteiger partial charge >= 0.3 is 0 Å². The van der Waals surface area contributed by atoms with Crippen molar-refractivity contribution in [1.82, 2.24) is 19.7 Å². The van der Waals surface area contributed by atoms with Gasteiger partial charge in [-0.2, -0.15) is 4.98 Å². The quantitative estimate of drug-likeness (QED) is 0.435. The summed E-state index contributed by atoms with van der Waals surface area (Å²) < 4.78 is 13.0. The van der Waals surface area contributed by atoms with Gasteiger partial charge in [-0.25, -0.2) is 4.98 Å². The second-order valence-electron chi connectivity index (χ2n) is 7.03. The number of aryl methyl sites for hydroxylation is 2. The topological polar surface area (TPSA) is 83.0 Å². The van der Waals surface area contributed by atoms with Crippen molar-refractivity contribution in [3.63, 3.8) is 0 Å². The summed E-state index contributed by atoms with van der Waals surface area (Å²) in [6.45, 7) is 6.23. The Kier molecular flexibility index (Phi) is 5.55. The van der Waals surface area contributed by atoms with Crippen molar-refractivity contribution >= 4 is 22.6 Å². The van der Waals surface area contributed by atoms with E-state index in [2.05, 4.69) is 15.1 Å². The lowest BCUT2D eigenvalue weighted by atomic mass is 10.1. The molecular weight excluding hydrogens is 404 g/mol. The van der Waals surface area contributed by atoms with Gasteiger partial charge in [0.1, 0.15) is 11.4 Å². The van der Waals surface area contributed by atoms with E-state index in [0.29, 0.717) is 40.2 Å². The second-order valence-corrected chi connectivity index (χ2v) is 7.47. The Morgan fingerprint density at radius 2 is 2.03 bits per heavy atom. The van der Waals surface area contributed by atoms with Crippen LogP contribution in [0.3, 0.4) is 0 Å². The van der Waals surface area contributed by atoms with Crippen molar-refractivity contribution in [2.75, 3.05) is 0 Å². The van der Waals surface area contributed by atoms with Crippen molar-refractivity contribution < 1.29 is 9.26 Å². The van der Waals surface area contributed by atoms with Crippen molar-refractivity contribution in [2.45, 2.75) is 39.8 Å². The number of hydrogen-bond donors (Lipinski definition) is 0. The van der Waals surface area contributed by atoms with Crippen LogP contribution in [0.15, 0.2) is 51.8 Å². The fourth-order valence-electron chi connectivity index (χ4n) is 3.27. The monoisotopic (exact) mass is 424 g/mol. The number of aromatic nitrogens is 4. The molecule has 0 aliphatic carbocycles. The molecule has 0 saturated heterocycles. The molecule has 30 heavy (non-hydrogen) atoms. The molecule has 0 spiro atoms. The van der Waals surface area contributed by atoms with Gasteiger partial charge in [-0.1, -0.05) is 29.7 Å². The van der Waals surface area contributed by atoms with Gasteiger partial charge < -0.3 is 13.8 Å². The van der Waals surface area contributed by atoms with E-state index in [1.807, 2.05) is 44.2 Å². The minimum atomic E-state index is -0.444. The molecule has 0 radical (unpaired) electrons. The molecule has 4 rings (SSSR count). The van der Waals surface area contributed by atoms with Gasteiger partial charge in [0.15, 0.2) is 6.10 Å². The van der Waals surface area contributed by atoms with Crippen molar-refractivity contribution in [3.05, 3.63) is 69.4 Å². The van der Waals surface area contributed by atoms with Gasteiger partial charge in [0, 0.05) is 17.1 Å². The van der Waals surface area contributed by atoms with Crippen molar-refractivity contribution in [1.29, 1.82) is 0 Å². The van der Waals surface area contributed by atoms with Crippen LogP contribution in [0.5, 0.6) is 5.75 Å². The number of halogens is 1. The minimum absolute atomic E-state index is 0.0639. The third-order valence-corrected chi connectivity index (χ3v) is 4.95. The highest BCUT2D eigenvalue weighted by molar-refractivity contribution is 6.30. The lowest BCUT2D eigenvalue weighted by Gasteiger charge is -2.11. The van der Waals surface area contributed by atoms with Crippen LogP contribution in [0, 0.1) is 6.92 Å². The summed E-state index contributed by atoms with van der Waals surface area (Å²) in [4.78, 5) is 21.3. The fraction of sp³-hybridized carbons (Fsp3) is 0.273. The summed E-state index contributed by atoms with van der Waals surface area (Å²) >= 11 is 6.00. The molecule has 0 N–H and O–H groups in total. The van der Waals surface area contributed by atoms with Gasteiger partial charge in [-0.3, -0.25) is 4.79 Å². The Hall–Kier alpha value is -3.19. The van der Waals surface area contributed by atoms with Crippen molar-refractivity contribution in [2.24, 2.45) is 0 Å². The Balaban J connectivity index is 1.64. The summed E-state index contributed by atoms with van der Waals surface area (Å²) in [7, 11) is 0. The number of hydrogen-bond acceptors (Lipinski definition) is 6. The molecule has 1 unspecified atom stereocenters. The summed E-state index contributed by atoms with van der Waals surface area (Å²) in [6, 6.07) is 12.7. The average molecular weight is 425 g/mol. The van der Waals surface area contributed by atoms with Crippen LogP contribution in [0.25, 0.3) is 22.4 Å². The summed E-state index contributed by atoms with van der Waals surface area (Å²) in [6.07, 6.45) is 0.416. The summed E-state index contributed by atoms with van der Waals surface area (Å²) in [5, 5.41) is 4.67.